The monoisotopic (exact) mass is 667 g/mol. The van der Waals surface area contributed by atoms with Crippen LogP contribution in [-0.4, -0.2) is 0 Å². The van der Waals surface area contributed by atoms with Crippen LogP contribution in [0.1, 0.15) is 0 Å². The second-order valence-corrected chi connectivity index (χ2v) is 13.2. The largest absolute Gasteiger partial charge is 0.456 e. The van der Waals surface area contributed by atoms with Crippen LogP contribution in [0.5, 0.6) is 0 Å². The van der Waals surface area contributed by atoms with Crippen LogP contribution in [0.3, 0.4) is 0 Å². The van der Waals surface area contributed by atoms with Gasteiger partial charge in [-0.05, 0) is 89.5 Å². The average Bonchev–Trinajstić information content (AvgIpc) is 3.90. The van der Waals surface area contributed by atoms with E-state index >= 15 is 0 Å². The molecule has 3 heterocycles. The van der Waals surface area contributed by atoms with Crippen LogP contribution in [0, 0.1) is 0 Å². The molecule has 4 heteroatoms. The van der Waals surface area contributed by atoms with E-state index in [-0.39, 0.29) is 0 Å². The average molecular weight is 668 g/mol. The van der Waals surface area contributed by atoms with E-state index in [1.807, 2.05) is 24.3 Å². The summed E-state index contributed by atoms with van der Waals surface area (Å²) in [5, 5.41) is 6.54. The molecule has 4 nitrogen and oxygen atoms in total. The molecule has 0 radical (unpaired) electrons. The Kier molecular flexibility index (Phi) is 6.22. The molecule has 0 aliphatic carbocycles. The number of nitrogens with zero attached hydrogens (tertiary/aromatic N) is 1. The third kappa shape index (κ3) is 4.34. The maximum atomic E-state index is 6.71. The van der Waals surface area contributed by atoms with Gasteiger partial charge in [-0.25, -0.2) is 0 Å². The summed E-state index contributed by atoms with van der Waals surface area (Å²) in [6, 6.07) is 61.2. The Morgan fingerprint density at radius 2 is 0.923 bits per heavy atom. The number of hydrogen-bond acceptors (Lipinski definition) is 4. The highest BCUT2D eigenvalue weighted by Crippen LogP contribution is 2.45. The summed E-state index contributed by atoms with van der Waals surface area (Å²) in [6.45, 7) is 0. The molecule has 0 N–H and O–H groups in total. The predicted molar refractivity (Wildman–Crippen MR) is 214 cm³/mol. The summed E-state index contributed by atoms with van der Waals surface area (Å²) in [7, 11) is 0. The molecule has 8 aromatic carbocycles. The topological polar surface area (TPSA) is 42.7 Å². The fourth-order valence-corrected chi connectivity index (χ4v) is 7.95. The number of para-hydroxylation sites is 4. The molecule has 244 valence electrons. The third-order valence-corrected chi connectivity index (χ3v) is 10.3. The fourth-order valence-electron chi connectivity index (χ4n) is 7.95. The van der Waals surface area contributed by atoms with Gasteiger partial charge in [0.2, 0.25) is 0 Å². The number of furan rings is 3. The van der Waals surface area contributed by atoms with Gasteiger partial charge in [0.1, 0.15) is 33.5 Å². The predicted octanol–water partition coefficient (Wildman–Crippen LogP) is 14.2. The number of benzene rings is 8. The zero-order valence-electron chi connectivity index (χ0n) is 27.9. The van der Waals surface area contributed by atoms with Crippen molar-refractivity contribution >= 4 is 82.9 Å². The van der Waals surface area contributed by atoms with Gasteiger partial charge in [0, 0.05) is 43.9 Å². The lowest BCUT2D eigenvalue weighted by atomic mass is 9.96. The molecule has 0 atom stereocenters. The molecule has 0 aliphatic rings. The van der Waals surface area contributed by atoms with Crippen LogP contribution < -0.4 is 4.90 Å². The molecule has 0 spiro atoms. The summed E-state index contributed by atoms with van der Waals surface area (Å²) >= 11 is 0. The Balaban J connectivity index is 1.07. The van der Waals surface area contributed by atoms with Crippen LogP contribution in [0.15, 0.2) is 189 Å². The van der Waals surface area contributed by atoms with Gasteiger partial charge in [-0.2, -0.15) is 0 Å². The lowest BCUT2D eigenvalue weighted by molar-refractivity contribution is 0.668. The van der Waals surface area contributed by atoms with Gasteiger partial charge >= 0.3 is 0 Å². The normalized spacial score (nSPS) is 11.8. The minimum Gasteiger partial charge on any atom is -0.456 e. The molecule has 0 saturated carbocycles. The number of hydrogen-bond donors (Lipinski definition) is 0. The first-order valence-electron chi connectivity index (χ1n) is 17.5. The molecular weight excluding hydrogens is 639 g/mol. The molecule has 11 rings (SSSR count). The third-order valence-electron chi connectivity index (χ3n) is 10.3. The van der Waals surface area contributed by atoms with Crippen molar-refractivity contribution in [3.8, 4) is 22.3 Å². The molecule has 11 aromatic rings. The van der Waals surface area contributed by atoms with Gasteiger partial charge in [-0.15, -0.1) is 0 Å². The molecular formula is C48H29NO3. The molecule has 0 saturated heterocycles. The van der Waals surface area contributed by atoms with Crippen molar-refractivity contribution in [1.82, 2.24) is 0 Å². The zero-order valence-corrected chi connectivity index (χ0v) is 27.9. The maximum Gasteiger partial charge on any atom is 0.143 e. The van der Waals surface area contributed by atoms with Crippen molar-refractivity contribution < 1.29 is 13.3 Å². The zero-order chi connectivity index (χ0) is 34.2. The second kappa shape index (κ2) is 11.2. The highest BCUT2D eigenvalue weighted by molar-refractivity contribution is 6.18. The molecule has 3 aromatic heterocycles. The van der Waals surface area contributed by atoms with Crippen molar-refractivity contribution in [1.29, 1.82) is 0 Å². The van der Waals surface area contributed by atoms with Crippen LogP contribution in [0.2, 0.25) is 0 Å². The van der Waals surface area contributed by atoms with E-state index in [1.54, 1.807) is 0 Å². The first kappa shape index (κ1) is 28.8. The molecule has 0 fully saturated rings. The molecule has 0 amide bonds. The summed E-state index contributed by atoms with van der Waals surface area (Å²) < 4.78 is 19.5. The van der Waals surface area contributed by atoms with E-state index in [4.69, 9.17) is 13.3 Å². The number of rotatable bonds is 5. The Morgan fingerprint density at radius 1 is 0.327 bits per heavy atom. The SMILES string of the molecule is c1ccc(N(c2ccccc2)c2cccc3oc4cc(-c5cccc6c5oc5cccc(-c7ccc8oc9ccccc9c8c7)c56)ccc4c23)cc1. The Morgan fingerprint density at radius 3 is 1.75 bits per heavy atom. The molecule has 0 bridgehead atoms. The highest BCUT2D eigenvalue weighted by Gasteiger charge is 2.21. The maximum absolute atomic E-state index is 6.71. The van der Waals surface area contributed by atoms with Crippen LogP contribution in [0.25, 0.3) is 88.1 Å². The van der Waals surface area contributed by atoms with E-state index in [1.165, 1.54) is 0 Å². The molecule has 0 unspecified atom stereocenters. The second-order valence-electron chi connectivity index (χ2n) is 13.2. The number of anilines is 3. The lowest BCUT2D eigenvalue weighted by Gasteiger charge is -2.26. The fraction of sp³-hybridized carbons (Fsp3) is 0. The van der Waals surface area contributed by atoms with Gasteiger partial charge < -0.3 is 18.2 Å². The lowest BCUT2D eigenvalue weighted by Crippen LogP contribution is -2.09. The van der Waals surface area contributed by atoms with E-state index in [9.17, 15) is 0 Å². The summed E-state index contributed by atoms with van der Waals surface area (Å²) in [5.74, 6) is 0. The van der Waals surface area contributed by atoms with Gasteiger partial charge in [0.25, 0.3) is 0 Å². The summed E-state index contributed by atoms with van der Waals surface area (Å²) in [5.41, 5.74) is 12.7. The standard InChI is InChI=1S/C48H29NO3/c1-3-12-32(13-4-1)49(33-14-5-2-6-15-33)40-20-11-23-44-47(40)37-26-24-31(29-45(37)51-44)35-18-9-19-38-46-34(17-10-22-43(46)52-48(35)38)30-25-27-42-39(28-30)36-16-7-8-21-41(36)50-42/h1-29H. The first-order chi connectivity index (χ1) is 25.8. The van der Waals surface area contributed by atoms with Crippen molar-refractivity contribution in [2.75, 3.05) is 4.90 Å². The Bertz CT molecular complexity index is 3090. The van der Waals surface area contributed by atoms with Gasteiger partial charge in [-0.3, -0.25) is 0 Å². The van der Waals surface area contributed by atoms with Crippen molar-refractivity contribution in [3.05, 3.63) is 176 Å². The van der Waals surface area contributed by atoms with Crippen molar-refractivity contribution in [2.45, 2.75) is 0 Å². The highest BCUT2D eigenvalue weighted by atomic mass is 16.3. The van der Waals surface area contributed by atoms with Crippen LogP contribution in [-0.2, 0) is 0 Å². The van der Waals surface area contributed by atoms with E-state index in [0.29, 0.717) is 0 Å². The van der Waals surface area contributed by atoms with E-state index in [2.05, 4.69) is 157 Å². The number of fused-ring (bicyclic) bond motifs is 9. The van der Waals surface area contributed by atoms with Crippen molar-refractivity contribution in [3.63, 3.8) is 0 Å². The smallest absolute Gasteiger partial charge is 0.143 e. The van der Waals surface area contributed by atoms with Crippen LogP contribution in [0.4, 0.5) is 17.1 Å². The van der Waals surface area contributed by atoms with E-state index in [0.717, 1.165) is 105 Å². The van der Waals surface area contributed by atoms with Crippen LogP contribution >= 0.6 is 0 Å². The minimum atomic E-state index is 0.829. The molecule has 52 heavy (non-hydrogen) atoms. The molecule has 0 aliphatic heterocycles. The van der Waals surface area contributed by atoms with Gasteiger partial charge in [-0.1, -0.05) is 103 Å². The quantitative estimate of drug-likeness (QED) is 0.183. The minimum absolute atomic E-state index is 0.829. The Hall–Kier alpha value is -7.04. The van der Waals surface area contributed by atoms with Gasteiger partial charge in [0.05, 0.1) is 11.1 Å². The van der Waals surface area contributed by atoms with E-state index < -0.39 is 0 Å². The first-order valence-corrected chi connectivity index (χ1v) is 17.5. The summed E-state index contributed by atoms with van der Waals surface area (Å²) in [4.78, 5) is 2.30. The summed E-state index contributed by atoms with van der Waals surface area (Å²) in [6.07, 6.45) is 0. The van der Waals surface area contributed by atoms with Gasteiger partial charge in [0.15, 0.2) is 0 Å². The Labute approximate surface area is 298 Å². The van der Waals surface area contributed by atoms with Crippen molar-refractivity contribution in [2.24, 2.45) is 0 Å².